The largest absolute Gasteiger partial charge is 0.440 e. The number of aliphatic hydroxyl groups excluding tert-OH is 1. The summed E-state index contributed by atoms with van der Waals surface area (Å²) >= 11 is 0. The van der Waals surface area contributed by atoms with Crippen molar-refractivity contribution in [3.05, 3.63) is 89.3 Å². The van der Waals surface area contributed by atoms with Gasteiger partial charge in [0.1, 0.15) is 11.5 Å². The van der Waals surface area contributed by atoms with Gasteiger partial charge in [-0.05, 0) is 53.9 Å². The molecule has 0 aliphatic heterocycles. The van der Waals surface area contributed by atoms with Gasteiger partial charge in [-0.1, -0.05) is 18.2 Å². The van der Waals surface area contributed by atoms with Gasteiger partial charge in [-0.2, -0.15) is 22.0 Å². The Hall–Kier alpha value is -4.70. The number of aryl methyl sites for hydroxylation is 2. The minimum absolute atomic E-state index is 0.0277. The van der Waals surface area contributed by atoms with Crippen LogP contribution in [-0.2, 0) is 22.6 Å². The van der Waals surface area contributed by atoms with Crippen molar-refractivity contribution in [1.82, 2.24) is 14.5 Å². The lowest BCUT2D eigenvalue weighted by molar-refractivity contribution is -0.141. The SMILES string of the molecule is Cc1nc(-c2cc(-c3ccc(CO)c(S(C)(=O)=O)c3)ccc2-n2cc(C(F)(F)F)nc2C)c(-c2cc(F)c(OC(F)F)c(F)c2)o1. The van der Waals surface area contributed by atoms with E-state index in [1.54, 1.807) is 0 Å². The summed E-state index contributed by atoms with van der Waals surface area (Å²) in [6, 6.07) is 9.92. The number of rotatable bonds is 8. The quantitative estimate of drug-likeness (QED) is 0.173. The molecule has 0 fully saturated rings. The minimum Gasteiger partial charge on any atom is -0.440 e. The molecular weight excluding hydrogens is 647 g/mol. The Balaban J connectivity index is 1.78. The maximum Gasteiger partial charge on any atom is 0.434 e. The first-order chi connectivity index (χ1) is 21.5. The molecule has 5 rings (SSSR count). The highest BCUT2D eigenvalue weighted by molar-refractivity contribution is 7.90. The molecule has 0 unspecified atom stereocenters. The van der Waals surface area contributed by atoms with Crippen LogP contribution in [0.25, 0.3) is 39.4 Å². The Labute approximate surface area is 256 Å². The number of nitrogens with zero attached hydrogens (tertiary/aromatic N) is 3. The predicted molar refractivity (Wildman–Crippen MR) is 150 cm³/mol. The third-order valence-corrected chi connectivity index (χ3v) is 8.03. The van der Waals surface area contributed by atoms with E-state index in [2.05, 4.69) is 14.7 Å². The van der Waals surface area contributed by atoms with Crippen LogP contribution < -0.4 is 4.74 Å². The molecule has 0 bridgehead atoms. The monoisotopic (exact) mass is 669 g/mol. The molecular formula is C30H22F7N3O5S. The third kappa shape index (κ3) is 6.35. The van der Waals surface area contributed by atoms with Crippen LogP contribution in [0.4, 0.5) is 30.7 Å². The van der Waals surface area contributed by atoms with Gasteiger partial charge in [0.05, 0.1) is 17.2 Å². The van der Waals surface area contributed by atoms with E-state index in [-0.39, 0.29) is 50.4 Å². The number of hydrogen-bond acceptors (Lipinski definition) is 7. The Morgan fingerprint density at radius 2 is 1.59 bits per heavy atom. The van der Waals surface area contributed by atoms with Gasteiger partial charge >= 0.3 is 12.8 Å². The fourth-order valence-corrected chi connectivity index (χ4v) is 5.83. The summed E-state index contributed by atoms with van der Waals surface area (Å²) in [6.45, 7) is -1.36. The second-order valence-corrected chi connectivity index (χ2v) is 12.1. The molecule has 242 valence electrons. The van der Waals surface area contributed by atoms with E-state index in [0.29, 0.717) is 23.3 Å². The molecule has 0 atom stereocenters. The van der Waals surface area contributed by atoms with Gasteiger partial charge in [-0.25, -0.2) is 27.2 Å². The molecule has 0 spiro atoms. The Kier molecular flexibility index (Phi) is 8.46. The number of imidazole rings is 1. The van der Waals surface area contributed by atoms with Gasteiger partial charge in [-0.15, -0.1) is 0 Å². The smallest absolute Gasteiger partial charge is 0.434 e. The molecule has 1 N–H and O–H groups in total. The molecule has 3 aromatic carbocycles. The summed E-state index contributed by atoms with van der Waals surface area (Å²) in [7, 11) is -3.80. The molecule has 0 saturated carbocycles. The van der Waals surface area contributed by atoms with Gasteiger partial charge < -0.3 is 18.8 Å². The zero-order chi connectivity index (χ0) is 33.7. The van der Waals surface area contributed by atoms with Crippen molar-refractivity contribution in [1.29, 1.82) is 0 Å². The van der Waals surface area contributed by atoms with E-state index in [0.717, 1.165) is 17.0 Å². The summed E-state index contributed by atoms with van der Waals surface area (Å²) in [4.78, 5) is 7.77. The number of ether oxygens (including phenoxy) is 1. The highest BCUT2D eigenvalue weighted by atomic mass is 32.2. The summed E-state index contributed by atoms with van der Waals surface area (Å²) in [6.07, 6.45) is -3.09. The zero-order valence-corrected chi connectivity index (χ0v) is 24.8. The maximum atomic E-state index is 14.7. The van der Waals surface area contributed by atoms with E-state index in [1.807, 2.05) is 0 Å². The number of benzene rings is 3. The number of sulfone groups is 1. The van der Waals surface area contributed by atoms with Crippen LogP contribution in [0.1, 0.15) is 23.0 Å². The summed E-state index contributed by atoms with van der Waals surface area (Å²) < 4.78 is 131. The van der Waals surface area contributed by atoms with E-state index in [4.69, 9.17) is 4.42 Å². The minimum atomic E-state index is -4.79. The van der Waals surface area contributed by atoms with E-state index < -0.39 is 52.3 Å². The lowest BCUT2D eigenvalue weighted by Gasteiger charge is -2.15. The fourth-order valence-electron chi connectivity index (χ4n) is 4.88. The average Bonchev–Trinajstić information content (AvgIpc) is 3.56. The summed E-state index contributed by atoms with van der Waals surface area (Å²) in [5.74, 6) is -4.68. The van der Waals surface area contributed by atoms with Crippen molar-refractivity contribution in [2.45, 2.75) is 38.1 Å². The predicted octanol–water partition coefficient (Wildman–Crippen LogP) is 7.27. The molecule has 0 saturated heterocycles. The number of aliphatic hydroxyl groups is 1. The highest BCUT2D eigenvalue weighted by Gasteiger charge is 2.35. The van der Waals surface area contributed by atoms with E-state index >= 15 is 0 Å². The highest BCUT2D eigenvalue weighted by Crippen LogP contribution is 2.41. The number of oxazole rings is 1. The van der Waals surface area contributed by atoms with Crippen LogP contribution in [-0.4, -0.2) is 40.9 Å². The molecule has 2 heterocycles. The van der Waals surface area contributed by atoms with Crippen molar-refractivity contribution in [3.63, 3.8) is 0 Å². The van der Waals surface area contributed by atoms with Crippen molar-refractivity contribution in [3.8, 4) is 45.1 Å². The number of alkyl halides is 5. The van der Waals surface area contributed by atoms with Crippen molar-refractivity contribution >= 4 is 9.84 Å². The fraction of sp³-hybridized carbons (Fsp3) is 0.200. The summed E-state index contributed by atoms with van der Waals surface area (Å²) in [5.41, 5.74) is -0.654. The van der Waals surface area contributed by atoms with Gasteiger partial charge in [0, 0.05) is 30.5 Å². The molecule has 2 aromatic heterocycles. The van der Waals surface area contributed by atoms with Crippen LogP contribution in [0, 0.1) is 25.5 Å². The molecule has 0 amide bonds. The lowest BCUT2D eigenvalue weighted by Crippen LogP contribution is -2.06. The lowest BCUT2D eigenvalue weighted by atomic mass is 9.97. The van der Waals surface area contributed by atoms with Crippen LogP contribution in [0.2, 0.25) is 0 Å². The summed E-state index contributed by atoms with van der Waals surface area (Å²) in [5, 5.41) is 9.65. The van der Waals surface area contributed by atoms with E-state index in [9.17, 15) is 44.3 Å². The second-order valence-electron chi connectivity index (χ2n) is 10.1. The number of aromatic nitrogens is 3. The standard InChI is InChI=1S/C30H22F7N3O5S/c1-14-38-25(30(35,36)37)12-40(14)23-7-6-16(17-4-5-18(13-41)24(11-17)46(3,42)43)8-20(23)26-27(44-15(2)39-26)19-9-21(31)28(22(32)10-19)45-29(33)34/h4-12,29,41H,13H2,1-3H3. The first-order valence-corrected chi connectivity index (χ1v) is 15.0. The van der Waals surface area contributed by atoms with Crippen molar-refractivity contribution in [2.75, 3.05) is 6.26 Å². The molecule has 0 radical (unpaired) electrons. The van der Waals surface area contributed by atoms with Crippen molar-refractivity contribution in [2.24, 2.45) is 0 Å². The Morgan fingerprint density at radius 3 is 2.15 bits per heavy atom. The second kappa shape index (κ2) is 11.9. The first-order valence-electron chi connectivity index (χ1n) is 13.1. The van der Waals surface area contributed by atoms with Crippen molar-refractivity contribution < 1.29 is 53.4 Å². The Morgan fingerprint density at radius 1 is 0.957 bits per heavy atom. The van der Waals surface area contributed by atoms with Gasteiger partial charge in [0.2, 0.25) is 0 Å². The normalized spacial score (nSPS) is 12.3. The maximum absolute atomic E-state index is 14.7. The topological polar surface area (TPSA) is 107 Å². The Bertz CT molecular complexity index is 2050. The molecule has 8 nitrogen and oxygen atoms in total. The number of hydrogen-bond donors (Lipinski definition) is 1. The molecule has 46 heavy (non-hydrogen) atoms. The van der Waals surface area contributed by atoms with E-state index in [1.165, 1.54) is 50.2 Å². The van der Waals surface area contributed by atoms with Gasteiger partial charge in [0.25, 0.3) is 0 Å². The van der Waals surface area contributed by atoms with Crippen LogP contribution in [0.5, 0.6) is 5.75 Å². The molecule has 0 aliphatic rings. The average molecular weight is 670 g/mol. The first kappa shape index (κ1) is 32.7. The molecule has 16 heteroatoms. The van der Waals surface area contributed by atoms with Gasteiger partial charge in [0.15, 0.2) is 44.6 Å². The number of halogens is 7. The van der Waals surface area contributed by atoms with Gasteiger partial charge in [-0.3, -0.25) is 0 Å². The molecule has 5 aromatic rings. The van der Waals surface area contributed by atoms with Crippen LogP contribution >= 0.6 is 0 Å². The third-order valence-electron chi connectivity index (χ3n) is 6.86. The molecule has 0 aliphatic carbocycles. The van der Waals surface area contributed by atoms with Crippen LogP contribution in [0.15, 0.2) is 64.0 Å². The van der Waals surface area contributed by atoms with Crippen LogP contribution in [0.3, 0.4) is 0 Å². The zero-order valence-electron chi connectivity index (χ0n) is 24.0.